The number of hydrogen-bond donors (Lipinski definition) is 1. The number of allylic oxidation sites excluding steroid dienone is 1. The average Bonchev–Trinajstić information content (AvgIpc) is 2.16. The van der Waals surface area contributed by atoms with Crippen LogP contribution in [0.15, 0.2) is 30.3 Å². The van der Waals surface area contributed by atoms with Gasteiger partial charge in [-0.05, 0) is 30.4 Å². The third-order valence-corrected chi connectivity index (χ3v) is 2.35. The van der Waals surface area contributed by atoms with Gasteiger partial charge in [-0.15, -0.1) is 0 Å². The van der Waals surface area contributed by atoms with Gasteiger partial charge in [-0.1, -0.05) is 43.7 Å². The van der Waals surface area contributed by atoms with E-state index in [1.54, 1.807) is 0 Å². The summed E-state index contributed by atoms with van der Waals surface area (Å²) in [6, 6.07) is 7.97. The smallest absolute Gasteiger partial charge is 0.328 e. The normalized spacial score (nSPS) is 11.9. The molecule has 0 radical (unpaired) electrons. The van der Waals surface area contributed by atoms with Crippen LogP contribution in [0.3, 0.4) is 0 Å². The minimum absolute atomic E-state index is 0.451. The summed E-state index contributed by atoms with van der Waals surface area (Å²) in [5.41, 5.74) is 3.08. The molecular formula is C14H18O2. The van der Waals surface area contributed by atoms with Gasteiger partial charge in [0.15, 0.2) is 0 Å². The van der Waals surface area contributed by atoms with E-state index in [1.165, 1.54) is 11.6 Å². The van der Waals surface area contributed by atoms with Gasteiger partial charge >= 0.3 is 5.97 Å². The van der Waals surface area contributed by atoms with Gasteiger partial charge in [0, 0.05) is 6.08 Å². The predicted octanol–water partition coefficient (Wildman–Crippen LogP) is 3.51. The van der Waals surface area contributed by atoms with E-state index in [9.17, 15) is 4.79 Å². The number of benzene rings is 1. The Bertz CT molecular complexity index is 386. The first-order valence-electron chi connectivity index (χ1n) is 5.49. The minimum Gasteiger partial charge on any atom is -0.478 e. The number of aryl methyl sites for hydroxylation is 1. The Hall–Kier alpha value is -1.57. The third-order valence-electron chi connectivity index (χ3n) is 2.35. The van der Waals surface area contributed by atoms with Gasteiger partial charge in [0.25, 0.3) is 0 Å². The fraction of sp³-hybridized carbons (Fsp3) is 0.357. The molecule has 0 heterocycles. The van der Waals surface area contributed by atoms with E-state index in [4.69, 9.17) is 5.11 Å². The SMILES string of the molecule is Cc1ccc(/C(=C/C(=O)O)CC(C)C)cc1. The molecule has 1 rings (SSSR count). The first-order valence-corrected chi connectivity index (χ1v) is 5.49. The summed E-state index contributed by atoms with van der Waals surface area (Å²) < 4.78 is 0. The highest BCUT2D eigenvalue weighted by Gasteiger charge is 2.06. The monoisotopic (exact) mass is 218 g/mol. The van der Waals surface area contributed by atoms with Crippen LogP contribution in [0, 0.1) is 12.8 Å². The van der Waals surface area contributed by atoms with Gasteiger partial charge in [-0.3, -0.25) is 0 Å². The maximum atomic E-state index is 10.8. The number of carbonyl (C=O) groups is 1. The first kappa shape index (κ1) is 12.5. The molecule has 2 nitrogen and oxygen atoms in total. The lowest BCUT2D eigenvalue weighted by atomic mass is 9.95. The zero-order valence-electron chi connectivity index (χ0n) is 10.0. The molecule has 0 atom stereocenters. The Labute approximate surface area is 96.6 Å². The van der Waals surface area contributed by atoms with E-state index in [-0.39, 0.29) is 0 Å². The number of carboxylic acid groups (broad SMARTS) is 1. The lowest BCUT2D eigenvalue weighted by Gasteiger charge is -2.10. The van der Waals surface area contributed by atoms with Crippen LogP contribution < -0.4 is 0 Å². The molecule has 0 aliphatic heterocycles. The molecule has 1 aromatic rings. The predicted molar refractivity (Wildman–Crippen MR) is 66.2 cm³/mol. The first-order chi connectivity index (χ1) is 7.49. The van der Waals surface area contributed by atoms with Crippen molar-refractivity contribution in [2.24, 2.45) is 5.92 Å². The number of carboxylic acids is 1. The fourth-order valence-electron chi connectivity index (χ4n) is 1.62. The molecule has 0 amide bonds. The molecule has 86 valence electrons. The zero-order valence-corrected chi connectivity index (χ0v) is 10.0. The number of aliphatic carboxylic acids is 1. The van der Waals surface area contributed by atoms with Crippen LogP contribution in [-0.2, 0) is 4.79 Å². The van der Waals surface area contributed by atoms with E-state index in [2.05, 4.69) is 13.8 Å². The van der Waals surface area contributed by atoms with Gasteiger partial charge in [0.05, 0.1) is 0 Å². The second kappa shape index (κ2) is 5.50. The van der Waals surface area contributed by atoms with Gasteiger partial charge in [0.1, 0.15) is 0 Å². The summed E-state index contributed by atoms with van der Waals surface area (Å²) in [6.45, 7) is 6.20. The van der Waals surface area contributed by atoms with Crippen LogP contribution >= 0.6 is 0 Å². The van der Waals surface area contributed by atoms with E-state index >= 15 is 0 Å². The van der Waals surface area contributed by atoms with Gasteiger partial charge in [-0.2, -0.15) is 0 Å². The van der Waals surface area contributed by atoms with Crippen molar-refractivity contribution in [3.05, 3.63) is 41.5 Å². The summed E-state index contributed by atoms with van der Waals surface area (Å²) in [4.78, 5) is 10.8. The molecule has 0 fully saturated rings. The van der Waals surface area contributed by atoms with Crippen LogP contribution in [0.1, 0.15) is 31.4 Å². The summed E-state index contributed by atoms with van der Waals surface area (Å²) in [5, 5.41) is 8.84. The third kappa shape index (κ3) is 3.89. The summed E-state index contributed by atoms with van der Waals surface area (Å²) in [7, 11) is 0. The van der Waals surface area contributed by atoms with Crippen molar-refractivity contribution in [2.75, 3.05) is 0 Å². The van der Waals surface area contributed by atoms with Crippen molar-refractivity contribution < 1.29 is 9.90 Å². The van der Waals surface area contributed by atoms with E-state index in [0.29, 0.717) is 5.92 Å². The lowest BCUT2D eigenvalue weighted by Crippen LogP contribution is -1.96. The number of rotatable bonds is 4. The summed E-state index contributed by atoms with van der Waals surface area (Å²) >= 11 is 0. The van der Waals surface area contributed by atoms with Gasteiger partial charge < -0.3 is 5.11 Å². The Kier molecular flexibility index (Phi) is 4.29. The van der Waals surface area contributed by atoms with Crippen molar-refractivity contribution in [1.29, 1.82) is 0 Å². The fourth-order valence-corrected chi connectivity index (χ4v) is 1.62. The number of hydrogen-bond acceptors (Lipinski definition) is 1. The Morgan fingerprint density at radius 2 is 1.88 bits per heavy atom. The maximum Gasteiger partial charge on any atom is 0.328 e. The largest absolute Gasteiger partial charge is 0.478 e. The zero-order chi connectivity index (χ0) is 12.1. The second-order valence-corrected chi connectivity index (χ2v) is 4.47. The average molecular weight is 218 g/mol. The minimum atomic E-state index is -0.878. The molecule has 1 N–H and O–H groups in total. The molecular weight excluding hydrogens is 200 g/mol. The second-order valence-electron chi connectivity index (χ2n) is 4.47. The quantitative estimate of drug-likeness (QED) is 0.785. The Morgan fingerprint density at radius 3 is 2.31 bits per heavy atom. The van der Waals surface area contributed by atoms with Crippen LogP contribution in [0.5, 0.6) is 0 Å². The van der Waals surface area contributed by atoms with Crippen molar-refractivity contribution in [3.63, 3.8) is 0 Å². The van der Waals surface area contributed by atoms with Crippen LogP contribution in [0.2, 0.25) is 0 Å². The summed E-state index contributed by atoms with van der Waals surface area (Å²) in [6.07, 6.45) is 2.10. The van der Waals surface area contributed by atoms with Crippen LogP contribution in [0.25, 0.3) is 5.57 Å². The van der Waals surface area contributed by atoms with Crippen molar-refractivity contribution >= 4 is 11.5 Å². The molecule has 0 saturated heterocycles. The highest BCUT2D eigenvalue weighted by molar-refractivity contribution is 5.90. The summed E-state index contributed by atoms with van der Waals surface area (Å²) in [5.74, 6) is -0.428. The molecule has 0 unspecified atom stereocenters. The molecule has 16 heavy (non-hydrogen) atoms. The Morgan fingerprint density at radius 1 is 1.31 bits per heavy atom. The van der Waals surface area contributed by atoms with E-state index < -0.39 is 5.97 Å². The van der Waals surface area contributed by atoms with Crippen LogP contribution in [-0.4, -0.2) is 11.1 Å². The molecule has 0 aromatic heterocycles. The van der Waals surface area contributed by atoms with E-state index in [0.717, 1.165) is 17.6 Å². The lowest BCUT2D eigenvalue weighted by molar-refractivity contribution is -0.131. The van der Waals surface area contributed by atoms with E-state index in [1.807, 2.05) is 31.2 Å². The van der Waals surface area contributed by atoms with Gasteiger partial charge in [0.2, 0.25) is 0 Å². The molecule has 0 saturated carbocycles. The molecule has 0 spiro atoms. The molecule has 0 aliphatic rings. The molecule has 0 aliphatic carbocycles. The molecule has 2 heteroatoms. The highest BCUT2D eigenvalue weighted by Crippen LogP contribution is 2.22. The standard InChI is InChI=1S/C14H18O2/c1-10(2)8-13(9-14(15)16)12-6-4-11(3)5-7-12/h4-7,9-10H,8H2,1-3H3,(H,15,16)/b13-9+. The highest BCUT2D eigenvalue weighted by atomic mass is 16.4. The Balaban J connectivity index is 3.01. The van der Waals surface area contributed by atoms with Crippen molar-refractivity contribution in [3.8, 4) is 0 Å². The topological polar surface area (TPSA) is 37.3 Å². The van der Waals surface area contributed by atoms with Crippen molar-refractivity contribution in [2.45, 2.75) is 27.2 Å². The molecule has 0 bridgehead atoms. The van der Waals surface area contributed by atoms with Crippen LogP contribution in [0.4, 0.5) is 0 Å². The molecule has 1 aromatic carbocycles. The maximum absolute atomic E-state index is 10.8. The van der Waals surface area contributed by atoms with Crippen molar-refractivity contribution in [1.82, 2.24) is 0 Å². The van der Waals surface area contributed by atoms with Gasteiger partial charge in [-0.25, -0.2) is 4.79 Å².